The van der Waals surface area contributed by atoms with Crippen LogP contribution in [0.25, 0.3) is 10.9 Å². The fraction of sp³-hybridized carbons (Fsp3) is 0.350. The number of likely N-dealkylation sites (tertiary alicyclic amines) is 1. The highest BCUT2D eigenvalue weighted by molar-refractivity contribution is 6.35. The van der Waals surface area contributed by atoms with Crippen molar-refractivity contribution in [2.75, 3.05) is 19.6 Å². The van der Waals surface area contributed by atoms with Crippen LogP contribution in [0.4, 0.5) is 13.2 Å². The summed E-state index contributed by atoms with van der Waals surface area (Å²) in [6.07, 6.45) is 1.00. The summed E-state index contributed by atoms with van der Waals surface area (Å²) in [4.78, 5) is 31.4. The second kappa shape index (κ2) is 7.01. The van der Waals surface area contributed by atoms with E-state index < -0.39 is 24.2 Å². The molecule has 0 spiro atoms. The van der Waals surface area contributed by atoms with Gasteiger partial charge in [0.05, 0.1) is 47.6 Å². The molecule has 11 heteroatoms. The Morgan fingerprint density at radius 1 is 1.10 bits per heavy atom. The van der Waals surface area contributed by atoms with E-state index in [1.54, 1.807) is 10.7 Å². The normalized spacial score (nSPS) is 17.9. The summed E-state index contributed by atoms with van der Waals surface area (Å²) < 4.78 is 42.3. The van der Waals surface area contributed by atoms with Crippen molar-refractivity contribution >= 4 is 34.3 Å². The molecule has 1 N–H and O–H groups in total. The molecule has 5 rings (SSSR count). The fourth-order valence-electron chi connectivity index (χ4n) is 4.12. The molecule has 0 bridgehead atoms. The summed E-state index contributed by atoms with van der Waals surface area (Å²) in [5.74, 6) is -4.26. The van der Waals surface area contributed by atoms with Crippen LogP contribution in [-0.2, 0) is 13.1 Å². The average molecular weight is 452 g/mol. The van der Waals surface area contributed by atoms with Gasteiger partial charge in [-0.2, -0.15) is 5.10 Å². The van der Waals surface area contributed by atoms with Crippen LogP contribution in [0, 0.1) is 5.82 Å². The van der Waals surface area contributed by atoms with Gasteiger partial charge in [-0.3, -0.25) is 14.3 Å². The highest BCUT2D eigenvalue weighted by atomic mass is 35.5. The Balaban J connectivity index is 1.40. The zero-order valence-electron chi connectivity index (χ0n) is 16.2. The molecule has 162 valence electrons. The summed E-state index contributed by atoms with van der Waals surface area (Å²) >= 11 is 6.06. The molecule has 0 saturated carbocycles. The van der Waals surface area contributed by atoms with Gasteiger partial charge in [-0.25, -0.2) is 13.2 Å². The van der Waals surface area contributed by atoms with E-state index in [1.165, 1.54) is 23.2 Å². The number of nitrogens with zero attached hydrogens (tertiary/aromatic N) is 4. The van der Waals surface area contributed by atoms with E-state index in [-0.39, 0.29) is 41.7 Å². The third-order valence-electron chi connectivity index (χ3n) is 5.73. The van der Waals surface area contributed by atoms with Crippen LogP contribution in [-0.4, -0.2) is 61.9 Å². The van der Waals surface area contributed by atoms with E-state index in [4.69, 9.17) is 11.6 Å². The lowest BCUT2D eigenvalue weighted by Gasteiger charge is -2.28. The number of hydrogen-bond acceptors (Lipinski definition) is 3. The number of aromatic amines is 1. The van der Waals surface area contributed by atoms with Gasteiger partial charge in [-0.05, 0) is 18.2 Å². The van der Waals surface area contributed by atoms with Gasteiger partial charge in [0.15, 0.2) is 0 Å². The first kappa shape index (κ1) is 19.9. The first-order valence-corrected chi connectivity index (χ1v) is 10.1. The van der Waals surface area contributed by atoms with Crippen LogP contribution >= 0.6 is 11.6 Å². The van der Waals surface area contributed by atoms with E-state index in [0.717, 1.165) is 4.90 Å². The highest BCUT2D eigenvalue weighted by Crippen LogP contribution is 2.30. The van der Waals surface area contributed by atoms with Crippen molar-refractivity contribution in [3.63, 3.8) is 0 Å². The van der Waals surface area contributed by atoms with Crippen LogP contribution in [0.3, 0.4) is 0 Å². The molecule has 3 aromatic rings. The van der Waals surface area contributed by atoms with Crippen molar-refractivity contribution in [3.8, 4) is 0 Å². The maximum atomic E-state index is 13.6. The number of aromatic nitrogens is 3. The molecule has 2 aromatic heterocycles. The molecule has 0 unspecified atom stereocenters. The number of fused-ring (bicyclic) bond motifs is 2. The van der Waals surface area contributed by atoms with Crippen molar-refractivity contribution in [1.82, 2.24) is 24.6 Å². The largest absolute Gasteiger partial charge is 0.350 e. The monoisotopic (exact) mass is 451 g/mol. The number of alkyl halides is 2. The third kappa shape index (κ3) is 3.44. The SMILES string of the molecule is O=C(c1cc2c(Cl)cc(F)cc2[nH]1)N1CCn2ncc(C(=O)N3CCC(F)(F)C3)c2C1. The maximum absolute atomic E-state index is 13.6. The molecule has 2 aliphatic heterocycles. The molecule has 0 radical (unpaired) electrons. The van der Waals surface area contributed by atoms with Crippen LogP contribution in [0.5, 0.6) is 0 Å². The summed E-state index contributed by atoms with van der Waals surface area (Å²) in [5.41, 5.74) is 1.36. The standard InChI is InChI=1S/C20H17ClF3N5O2/c21-14-5-11(22)6-15-12(14)7-16(26-15)19(31)27-3-4-29-17(9-27)13(8-25-29)18(30)28-2-1-20(23,24)10-28/h5-8,26H,1-4,9-10H2. The Bertz CT molecular complexity index is 1220. The van der Waals surface area contributed by atoms with E-state index in [1.807, 2.05) is 0 Å². The summed E-state index contributed by atoms with van der Waals surface area (Å²) in [6, 6.07) is 3.99. The van der Waals surface area contributed by atoms with Crippen molar-refractivity contribution in [1.29, 1.82) is 0 Å². The Morgan fingerprint density at radius 2 is 1.90 bits per heavy atom. The molecule has 1 saturated heterocycles. The predicted octanol–water partition coefficient (Wildman–Crippen LogP) is 3.29. The minimum Gasteiger partial charge on any atom is -0.350 e. The molecule has 7 nitrogen and oxygen atoms in total. The van der Waals surface area contributed by atoms with Gasteiger partial charge in [0.2, 0.25) is 0 Å². The van der Waals surface area contributed by atoms with Gasteiger partial charge < -0.3 is 14.8 Å². The average Bonchev–Trinajstić information content (AvgIpc) is 3.42. The lowest BCUT2D eigenvalue weighted by atomic mass is 10.1. The molecule has 0 aliphatic carbocycles. The van der Waals surface area contributed by atoms with Crippen molar-refractivity contribution < 1.29 is 22.8 Å². The quantitative estimate of drug-likeness (QED) is 0.649. The Kier molecular flexibility index (Phi) is 4.51. The van der Waals surface area contributed by atoms with E-state index in [0.29, 0.717) is 29.7 Å². The van der Waals surface area contributed by atoms with E-state index >= 15 is 0 Å². The number of hydrogen-bond donors (Lipinski definition) is 1. The highest BCUT2D eigenvalue weighted by Gasteiger charge is 2.41. The van der Waals surface area contributed by atoms with Crippen molar-refractivity contribution in [2.24, 2.45) is 0 Å². The van der Waals surface area contributed by atoms with Crippen LogP contribution < -0.4 is 0 Å². The molecular weight excluding hydrogens is 435 g/mol. The molecule has 1 aromatic carbocycles. The maximum Gasteiger partial charge on any atom is 0.270 e. The summed E-state index contributed by atoms with van der Waals surface area (Å²) in [6.45, 7) is 0.166. The molecule has 2 aliphatic rings. The van der Waals surface area contributed by atoms with Crippen molar-refractivity contribution in [2.45, 2.75) is 25.4 Å². The number of nitrogens with one attached hydrogen (secondary N) is 1. The van der Waals surface area contributed by atoms with E-state index in [2.05, 4.69) is 10.1 Å². The zero-order chi connectivity index (χ0) is 21.9. The lowest BCUT2D eigenvalue weighted by molar-refractivity contribution is 0.0120. The van der Waals surface area contributed by atoms with Gasteiger partial charge in [0.1, 0.15) is 11.5 Å². The molecule has 1 fully saturated rings. The fourth-order valence-corrected chi connectivity index (χ4v) is 4.38. The summed E-state index contributed by atoms with van der Waals surface area (Å²) in [7, 11) is 0. The predicted molar refractivity (Wildman–Crippen MR) is 106 cm³/mol. The lowest BCUT2D eigenvalue weighted by Crippen LogP contribution is -2.40. The number of amides is 2. The van der Waals surface area contributed by atoms with Gasteiger partial charge in [0, 0.05) is 24.9 Å². The molecule has 31 heavy (non-hydrogen) atoms. The number of carbonyl (C=O) groups is 2. The van der Waals surface area contributed by atoms with Crippen LogP contribution in [0.2, 0.25) is 5.02 Å². The third-order valence-corrected chi connectivity index (χ3v) is 6.04. The first-order chi connectivity index (χ1) is 14.7. The number of carbonyl (C=O) groups excluding carboxylic acids is 2. The van der Waals surface area contributed by atoms with Gasteiger partial charge in [0.25, 0.3) is 17.7 Å². The smallest absolute Gasteiger partial charge is 0.270 e. The second-order valence-corrected chi connectivity index (χ2v) is 8.23. The van der Waals surface area contributed by atoms with Gasteiger partial charge in [-0.1, -0.05) is 11.6 Å². The minimum atomic E-state index is -2.89. The second-order valence-electron chi connectivity index (χ2n) is 7.82. The minimum absolute atomic E-state index is 0.0223. The molecule has 2 amide bonds. The Labute approximate surface area is 179 Å². The van der Waals surface area contributed by atoms with Crippen molar-refractivity contribution in [3.05, 3.63) is 52.2 Å². The van der Waals surface area contributed by atoms with E-state index in [9.17, 15) is 22.8 Å². The molecule has 4 heterocycles. The number of halogens is 4. The topological polar surface area (TPSA) is 74.2 Å². The van der Waals surface area contributed by atoms with Crippen LogP contribution in [0.15, 0.2) is 24.4 Å². The number of rotatable bonds is 2. The number of benzene rings is 1. The first-order valence-electron chi connectivity index (χ1n) is 9.71. The number of H-pyrrole nitrogens is 1. The Hall–Kier alpha value is -3.01. The molecular formula is C20H17ClF3N5O2. The summed E-state index contributed by atoms with van der Waals surface area (Å²) in [5, 5.41) is 4.90. The van der Waals surface area contributed by atoms with Gasteiger partial charge >= 0.3 is 0 Å². The molecule has 0 atom stereocenters. The zero-order valence-corrected chi connectivity index (χ0v) is 16.9. The van der Waals surface area contributed by atoms with Crippen LogP contribution in [0.1, 0.15) is 33.0 Å². The van der Waals surface area contributed by atoms with Gasteiger partial charge in [-0.15, -0.1) is 0 Å². The Morgan fingerprint density at radius 3 is 2.65 bits per heavy atom.